The van der Waals surface area contributed by atoms with Gasteiger partial charge in [0.2, 0.25) is 0 Å². The van der Waals surface area contributed by atoms with Gasteiger partial charge in [-0.1, -0.05) is 48.0 Å². The van der Waals surface area contributed by atoms with Crippen molar-refractivity contribution in [2.45, 2.75) is 30.9 Å². The second kappa shape index (κ2) is 10.00. The molecule has 3 aromatic rings. The van der Waals surface area contributed by atoms with Gasteiger partial charge in [0, 0.05) is 16.2 Å². The van der Waals surface area contributed by atoms with Crippen molar-refractivity contribution in [3.63, 3.8) is 0 Å². The van der Waals surface area contributed by atoms with Gasteiger partial charge in [-0.15, -0.1) is 11.8 Å². The van der Waals surface area contributed by atoms with Crippen molar-refractivity contribution in [2.75, 3.05) is 6.61 Å². The predicted molar refractivity (Wildman–Crippen MR) is 114 cm³/mol. The number of thioether (sulfide) groups is 1. The van der Waals surface area contributed by atoms with Crippen molar-refractivity contribution in [3.05, 3.63) is 89.5 Å². The summed E-state index contributed by atoms with van der Waals surface area (Å²) in [6.45, 7) is 4.28. The van der Waals surface area contributed by atoms with Gasteiger partial charge in [0.15, 0.2) is 0 Å². The Morgan fingerprint density at radius 2 is 1.79 bits per heavy atom. The highest BCUT2D eigenvalue weighted by Gasteiger charge is 2.09. The van der Waals surface area contributed by atoms with Crippen LogP contribution in [0.25, 0.3) is 0 Å². The van der Waals surface area contributed by atoms with Gasteiger partial charge in [-0.25, -0.2) is 0 Å². The van der Waals surface area contributed by atoms with Crippen LogP contribution in [0.3, 0.4) is 0 Å². The zero-order chi connectivity index (χ0) is 19.8. The van der Waals surface area contributed by atoms with Crippen LogP contribution in [0, 0.1) is 6.92 Å². The minimum atomic E-state index is -0.227. The maximum Gasteiger partial charge on any atom is 0.310 e. The molecule has 0 N–H and O–H groups in total. The SMILES string of the molecule is CCOC(=O)Cc1cccc(Oc2ccc(C)cc2CSc2ccccc2)c1. The summed E-state index contributed by atoms with van der Waals surface area (Å²) < 4.78 is 11.2. The van der Waals surface area contributed by atoms with E-state index in [1.807, 2.05) is 55.5 Å². The molecule has 0 aliphatic heterocycles. The topological polar surface area (TPSA) is 35.5 Å². The molecule has 0 spiro atoms. The first-order valence-electron chi connectivity index (χ1n) is 9.34. The fourth-order valence-electron chi connectivity index (χ4n) is 2.82. The van der Waals surface area contributed by atoms with Gasteiger partial charge in [-0.2, -0.15) is 0 Å². The van der Waals surface area contributed by atoms with E-state index in [0.29, 0.717) is 6.61 Å². The maximum absolute atomic E-state index is 11.7. The van der Waals surface area contributed by atoms with Crippen LogP contribution in [0.15, 0.2) is 77.7 Å². The number of hydrogen-bond donors (Lipinski definition) is 0. The zero-order valence-electron chi connectivity index (χ0n) is 16.2. The molecule has 3 aromatic carbocycles. The molecular formula is C24H24O3S. The van der Waals surface area contributed by atoms with Gasteiger partial charge in [0.05, 0.1) is 13.0 Å². The third kappa shape index (κ3) is 5.89. The first-order chi connectivity index (χ1) is 13.6. The first kappa shape index (κ1) is 20.0. The molecule has 144 valence electrons. The predicted octanol–water partition coefficient (Wildman–Crippen LogP) is 6.19. The monoisotopic (exact) mass is 392 g/mol. The largest absolute Gasteiger partial charge is 0.466 e. The molecule has 0 unspecified atom stereocenters. The minimum absolute atomic E-state index is 0.227. The average Bonchev–Trinajstić information content (AvgIpc) is 2.69. The zero-order valence-corrected chi connectivity index (χ0v) is 17.0. The minimum Gasteiger partial charge on any atom is -0.466 e. The molecule has 0 saturated carbocycles. The summed E-state index contributed by atoms with van der Waals surface area (Å²) in [4.78, 5) is 13.0. The molecule has 3 rings (SSSR count). The summed E-state index contributed by atoms with van der Waals surface area (Å²) in [7, 11) is 0. The Balaban J connectivity index is 1.74. The van der Waals surface area contributed by atoms with Crippen LogP contribution in [-0.4, -0.2) is 12.6 Å². The second-order valence-electron chi connectivity index (χ2n) is 6.44. The lowest BCUT2D eigenvalue weighted by atomic mass is 10.1. The molecule has 0 amide bonds. The Kier molecular flexibility index (Phi) is 7.15. The van der Waals surface area contributed by atoms with Crippen LogP contribution in [0.4, 0.5) is 0 Å². The fraction of sp³-hybridized carbons (Fsp3) is 0.208. The summed E-state index contributed by atoms with van der Waals surface area (Å²) in [5, 5.41) is 0. The maximum atomic E-state index is 11.7. The molecule has 0 aliphatic carbocycles. The van der Waals surface area contributed by atoms with Gasteiger partial charge in [-0.3, -0.25) is 4.79 Å². The summed E-state index contributed by atoms with van der Waals surface area (Å²) in [5.74, 6) is 2.15. The van der Waals surface area contributed by atoms with Crippen LogP contribution in [0.2, 0.25) is 0 Å². The van der Waals surface area contributed by atoms with E-state index >= 15 is 0 Å². The normalized spacial score (nSPS) is 10.5. The fourth-order valence-corrected chi connectivity index (χ4v) is 3.72. The standard InChI is InChI=1S/C24H24O3S/c1-3-26-24(25)16-19-8-7-9-21(15-19)27-23-13-12-18(2)14-20(23)17-28-22-10-5-4-6-11-22/h4-15H,3,16-17H2,1-2H3. The summed E-state index contributed by atoms with van der Waals surface area (Å²) in [5.41, 5.74) is 3.22. The number of benzene rings is 3. The van der Waals surface area contributed by atoms with Crippen molar-refractivity contribution in [1.29, 1.82) is 0 Å². The summed E-state index contributed by atoms with van der Waals surface area (Å²) in [6.07, 6.45) is 0.246. The molecular weight excluding hydrogens is 368 g/mol. The van der Waals surface area contributed by atoms with Crippen LogP contribution >= 0.6 is 11.8 Å². The number of hydrogen-bond acceptors (Lipinski definition) is 4. The highest BCUT2D eigenvalue weighted by molar-refractivity contribution is 7.98. The Hall–Kier alpha value is -2.72. The lowest BCUT2D eigenvalue weighted by Crippen LogP contribution is -2.07. The Morgan fingerprint density at radius 1 is 0.964 bits per heavy atom. The third-order valence-corrected chi connectivity index (χ3v) is 5.19. The summed E-state index contributed by atoms with van der Waals surface area (Å²) >= 11 is 1.78. The van der Waals surface area contributed by atoms with Crippen LogP contribution in [0.1, 0.15) is 23.6 Å². The third-order valence-electron chi connectivity index (χ3n) is 4.13. The van der Waals surface area contributed by atoms with Gasteiger partial charge >= 0.3 is 5.97 Å². The molecule has 0 aromatic heterocycles. The van der Waals surface area contributed by atoms with E-state index < -0.39 is 0 Å². The molecule has 0 radical (unpaired) electrons. The van der Waals surface area contributed by atoms with Gasteiger partial charge in [0.1, 0.15) is 11.5 Å². The molecule has 0 bridgehead atoms. The van der Waals surface area contributed by atoms with Crippen molar-refractivity contribution >= 4 is 17.7 Å². The molecule has 3 nitrogen and oxygen atoms in total. The van der Waals surface area contributed by atoms with Crippen LogP contribution in [-0.2, 0) is 21.7 Å². The van der Waals surface area contributed by atoms with E-state index in [1.165, 1.54) is 10.5 Å². The van der Waals surface area contributed by atoms with Crippen LogP contribution in [0.5, 0.6) is 11.5 Å². The first-order valence-corrected chi connectivity index (χ1v) is 10.3. The van der Waals surface area contributed by atoms with E-state index in [-0.39, 0.29) is 12.4 Å². The van der Waals surface area contributed by atoms with E-state index in [2.05, 4.69) is 31.2 Å². The van der Waals surface area contributed by atoms with Crippen molar-refractivity contribution in [2.24, 2.45) is 0 Å². The molecule has 0 saturated heterocycles. The second-order valence-corrected chi connectivity index (χ2v) is 7.49. The molecule has 0 fully saturated rings. The van der Waals surface area contributed by atoms with Gasteiger partial charge in [-0.05, 0) is 49.7 Å². The molecule has 4 heteroatoms. The Labute approximate surface area is 170 Å². The number of rotatable bonds is 8. The average molecular weight is 393 g/mol. The van der Waals surface area contributed by atoms with Crippen molar-refractivity contribution in [1.82, 2.24) is 0 Å². The molecule has 0 aliphatic rings. The van der Waals surface area contributed by atoms with E-state index in [4.69, 9.17) is 9.47 Å². The van der Waals surface area contributed by atoms with Crippen molar-refractivity contribution in [3.8, 4) is 11.5 Å². The number of aryl methyl sites for hydroxylation is 1. The highest BCUT2D eigenvalue weighted by atomic mass is 32.2. The van der Waals surface area contributed by atoms with Gasteiger partial charge < -0.3 is 9.47 Å². The number of carbonyl (C=O) groups excluding carboxylic acids is 1. The Bertz CT molecular complexity index is 922. The van der Waals surface area contributed by atoms with E-state index in [1.54, 1.807) is 11.8 Å². The highest BCUT2D eigenvalue weighted by Crippen LogP contribution is 2.32. The quantitative estimate of drug-likeness (QED) is 0.338. The van der Waals surface area contributed by atoms with Crippen LogP contribution < -0.4 is 4.74 Å². The number of esters is 1. The summed E-state index contributed by atoms with van der Waals surface area (Å²) in [6, 6.07) is 24.2. The number of carbonyl (C=O) groups is 1. The smallest absolute Gasteiger partial charge is 0.310 e. The molecule has 0 atom stereocenters. The number of ether oxygens (including phenoxy) is 2. The van der Waals surface area contributed by atoms with Crippen molar-refractivity contribution < 1.29 is 14.3 Å². The molecule has 0 heterocycles. The van der Waals surface area contributed by atoms with Gasteiger partial charge in [0.25, 0.3) is 0 Å². The molecule has 28 heavy (non-hydrogen) atoms. The van der Waals surface area contributed by atoms with E-state index in [0.717, 1.165) is 28.4 Å². The van der Waals surface area contributed by atoms with E-state index in [9.17, 15) is 4.79 Å². The Morgan fingerprint density at radius 3 is 2.57 bits per heavy atom. The lowest BCUT2D eigenvalue weighted by molar-refractivity contribution is -0.142. The lowest BCUT2D eigenvalue weighted by Gasteiger charge is -2.13.